The number of nitrogens with zero attached hydrogens (tertiary/aromatic N) is 1. The maximum absolute atomic E-state index is 13.7. The molecule has 1 aromatic carbocycles. The van der Waals surface area contributed by atoms with Gasteiger partial charge in [0.2, 0.25) is 5.91 Å². The Morgan fingerprint density at radius 2 is 2.05 bits per heavy atom. The lowest BCUT2D eigenvalue weighted by molar-refractivity contribution is -0.148. The Morgan fingerprint density at radius 1 is 1.29 bits per heavy atom. The Kier molecular flexibility index (Phi) is 3.39. The van der Waals surface area contributed by atoms with E-state index in [1.165, 1.54) is 4.90 Å². The Balaban J connectivity index is 1.74. The van der Waals surface area contributed by atoms with E-state index in [1.54, 1.807) is 0 Å². The number of hydrogen-bond acceptors (Lipinski definition) is 2. The fourth-order valence-corrected chi connectivity index (χ4v) is 3.11. The lowest BCUT2D eigenvalue weighted by Gasteiger charge is -2.21. The van der Waals surface area contributed by atoms with Gasteiger partial charge in [-0.2, -0.15) is 0 Å². The number of likely N-dealkylation sites (tertiary alicyclic amines) is 1. The van der Waals surface area contributed by atoms with Crippen molar-refractivity contribution in [3.63, 3.8) is 0 Å². The zero-order valence-electron chi connectivity index (χ0n) is 11.3. The monoisotopic (exact) mass is 295 g/mol. The lowest BCUT2D eigenvalue weighted by atomic mass is 10.1. The molecule has 0 radical (unpaired) electrons. The summed E-state index contributed by atoms with van der Waals surface area (Å²) < 4.78 is 26.9. The number of hydrogen-bond donors (Lipinski definition) is 1. The number of halogens is 2. The van der Waals surface area contributed by atoms with Crippen molar-refractivity contribution in [2.75, 3.05) is 6.54 Å². The van der Waals surface area contributed by atoms with Crippen LogP contribution in [-0.2, 0) is 9.59 Å². The third kappa shape index (κ3) is 2.50. The van der Waals surface area contributed by atoms with Gasteiger partial charge in [0.25, 0.3) is 0 Å². The van der Waals surface area contributed by atoms with E-state index in [0.29, 0.717) is 25.8 Å². The molecular weight excluding hydrogens is 280 g/mol. The number of carboxylic acid groups (broad SMARTS) is 1. The summed E-state index contributed by atoms with van der Waals surface area (Å²) in [6.45, 7) is 0.421. The summed E-state index contributed by atoms with van der Waals surface area (Å²) in [6.07, 6.45) is 1.56. The van der Waals surface area contributed by atoms with Gasteiger partial charge in [-0.25, -0.2) is 13.6 Å². The van der Waals surface area contributed by atoms with E-state index in [-0.39, 0.29) is 17.4 Å². The molecule has 1 amide bonds. The number of amides is 1. The lowest BCUT2D eigenvalue weighted by Crippen LogP contribution is -2.41. The van der Waals surface area contributed by atoms with E-state index in [1.807, 2.05) is 0 Å². The first-order valence-corrected chi connectivity index (χ1v) is 6.97. The van der Waals surface area contributed by atoms with Crippen LogP contribution in [0.25, 0.3) is 0 Å². The molecule has 1 N–H and O–H groups in total. The maximum Gasteiger partial charge on any atom is 0.326 e. The van der Waals surface area contributed by atoms with Crippen LogP contribution in [0.4, 0.5) is 8.78 Å². The second-order valence-electron chi connectivity index (χ2n) is 5.64. The van der Waals surface area contributed by atoms with Crippen LogP contribution in [0.1, 0.15) is 30.7 Å². The molecule has 1 heterocycles. The summed E-state index contributed by atoms with van der Waals surface area (Å²) >= 11 is 0. The summed E-state index contributed by atoms with van der Waals surface area (Å²) in [6, 6.07) is 2.43. The predicted molar refractivity (Wildman–Crippen MR) is 69.6 cm³/mol. The Morgan fingerprint density at radius 3 is 2.76 bits per heavy atom. The fourth-order valence-electron chi connectivity index (χ4n) is 3.11. The molecule has 1 aliphatic carbocycles. The molecule has 1 aromatic rings. The van der Waals surface area contributed by atoms with Crippen molar-refractivity contribution in [3.8, 4) is 0 Å². The number of aliphatic carboxylic acids is 1. The fraction of sp³-hybridized carbons (Fsp3) is 0.467. The molecule has 0 aromatic heterocycles. The first kappa shape index (κ1) is 14.0. The smallest absolute Gasteiger partial charge is 0.326 e. The summed E-state index contributed by atoms with van der Waals surface area (Å²) in [7, 11) is 0. The molecule has 2 aliphatic rings. The topological polar surface area (TPSA) is 57.6 Å². The Labute approximate surface area is 120 Å². The van der Waals surface area contributed by atoms with Crippen molar-refractivity contribution in [1.29, 1.82) is 0 Å². The number of rotatable bonds is 3. The largest absolute Gasteiger partial charge is 0.480 e. The predicted octanol–water partition coefficient (Wildman–Crippen LogP) is 2.14. The van der Waals surface area contributed by atoms with E-state index in [2.05, 4.69) is 0 Å². The van der Waals surface area contributed by atoms with E-state index >= 15 is 0 Å². The quantitative estimate of drug-likeness (QED) is 0.929. The second kappa shape index (κ2) is 5.09. The highest BCUT2D eigenvalue weighted by Gasteiger charge is 2.49. The molecule has 3 unspecified atom stereocenters. The van der Waals surface area contributed by atoms with Crippen LogP contribution in [0.5, 0.6) is 0 Å². The van der Waals surface area contributed by atoms with Crippen LogP contribution >= 0.6 is 0 Å². The summed E-state index contributed by atoms with van der Waals surface area (Å²) in [5.41, 5.74) is 0.208. The Hall–Kier alpha value is -1.98. The molecular formula is C15H15F2NO3. The Bertz CT molecular complexity index is 605. The molecule has 21 heavy (non-hydrogen) atoms. The average molecular weight is 295 g/mol. The third-order valence-corrected chi connectivity index (χ3v) is 4.29. The molecule has 1 saturated carbocycles. The number of carbonyl (C=O) groups excluding carboxylic acids is 1. The highest BCUT2D eigenvalue weighted by molar-refractivity contribution is 5.88. The molecule has 0 spiro atoms. The number of benzene rings is 1. The summed E-state index contributed by atoms with van der Waals surface area (Å²) in [5.74, 6) is -3.09. The SMILES string of the molecule is O=C(O)C1CCCN1C(=O)C1CC1c1cc(F)ccc1F. The van der Waals surface area contributed by atoms with Crippen molar-refractivity contribution in [3.05, 3.63) is 35.4 Å². The molecule has 2 fully saturated rings. The minimum absolute atomic E-state index is 0.208. The zero-order chi connectivity index (χ0) is 15.1. The van der Waals surface area contributed by atoms with Crippen molar-refractivity contribution in [2.45, 2.75) is 31.2 Å². The average Bonchev–Trinajstić information content (AvgIpc) is 3.07. The minimum Gasteiger partial charge on any atom is -0.480 e. The van der Waals surface area contributed by atoms with Crippen LogP contribution in [-0.4, -0.2) is 34.5 Å². The van der Waals surface area contributed by atoms with Gasteiger partial charge < -0.3 is 10.0 Å². The van der Waals surface area contributed by atoms with Crippen LogP contribution in [0.2, 0.25) is 0 Å². The van der Waals surface area contributed by atoms with Gasteiger partial charge in [-0.05, 0) is 48.9 Å². The molecule has 3 atom stereocenters. The van der Waals surface area contributed by atoms with Gasteiger partial charge in [-0.15, -0.1) is 0 Å². The van der Waals surface area contributed by atoms with E-state index < -0.39 is 29.6 Å². The summed E-state index contributed by atoms with van der Waals surface area (Å²) in [4.78, 5) is 24.8. The van der Waals surface area contributed by atoms with Gasteiger partial charge >= 0.3 is 5.97 Å². The molecule has 4 nitrogen and oxygen atoms in total. The molecule has 1 aliphatic heterocycles. The van der Waals surface area contributed by atoms with E-state index in [4.69, 9.17) is 5.11 Å². The van der Waals surface area contributed by atoms with Crippen molar-refractivity contribution < 1.29 is 23.5 Å². The third-order valence-electron chi connectivity index (χ3n) is 4.29. The zero-order valence-corrected chi connectivity index (χ0v) is 11.3. The van der Waals surface area contributed by atoms with Crippen molar-refractivity contribution in [2.24, 2.45) is 5.92 Å². The molecule has 3 rings (SSSR count). The van der Waals surface area contributed by atoms with Gasteiger partial charge in [0.05, 0.1) is 0 Å². The normalized spacial score (nSPS) is 27.7. The highest BCUT2D eigenvalue weighted by Crippen LogP contribution is 2.50. The highest BCUT2D eigenvalue weighted by atomic mass is 19.1. The van der Waals surface area contributed by atoms with E-state index in [9.17, 15) is 18.4 Å². The van der Waals surface area contributed by atoms with Crippen LogP contribution in [0.15, 0.2) is 18.2 Å². The van der Waals surface area contributed by atoms with Crippen molar-refractivity contribution in [1.82, 2.24) is 4.90 Å². The molecule has 6 heteroatoms. The van der Waals surface area contributed by atoms with Crippen LogP contribution in [0, 0.1) is 17.6 Å². The van der Waals surface area contributed by atoms with Crippen LogP contribution in [0.3, 0.4) is 0 Å². The molecule has 112 valence electrons. The van der Waals surface area contributed by atoms with Gasteiger partial charge in [0, 0.05) is 12.5 Å². The summed E-state index contributed by atoms with van der Waals surface area (Å²) in [5, 5.41) is 9.09. The molecule has 0 bridgehead atoms. The van der Waals surface area contributed by atoms with Crippen molar-refractivity contribution >= 4 is 11.9 Å². The first-order chi connectivity index (χ1) is 9.99. The van der Waals surface area contributed by atoms with E-state index in [0.717, 1.165) is 18.2 Å². The molecule has 1 saturated heterocycles. The second-order valence-corrected chi connectivity index (χ2v) is 5.64. The first-order valence-electron chi connectivity index (χ1n) is 6.97. The van der Waals surface area contributed by atoms with Crippen LogP contribution < -0.4 is 0 Å². The van der Waals surface area contributed by atoms with Gasteiger partial charge in [0.1, 0.15) is 17.7 Å². The standard InChI is InChI=1S/C15H15F2NO3/c16-8-3-4-12(17)10(6-8)9-7-11(9)14(19)18-5-1-2-13(18)15(20)21/h3-4,6,9,11,13H,1-2,5,7H2,(H,20,21). The van der Waals surface area contributed by atoms with Gasteiger partial charge in [-0.3, -0.25) is 4.79 Å². The number of carboxylic acids is 1. The van der Waals surface area contributed by atoms with Gasteiger partial charge in [0.15, 0.2) is 0 Å². The van der Waals surface area contributed by atoms with Gasteiger partial charge in [-0.1, -0.05) is 0 Å². The number of carbonyl (C=O) groups is 2. The maximum atomic E-state index is 13.7. The minimum atomic E-state index is -1.00.